The van der Waals surface area contributed by atoms with Gasteiger partial charge >= 0.3 is 0 Å². The van der Waals surface area contributed by atoms with Gasteiger partial charge in [0, 0.05) is 23.7 Å². The summed E-state index contributed by atoms with van der Waals surface area (Å²) in [6.45, 7) is 4.70. The lowest BCUT2D eigenvalue weighted by atomic mass is 10.1. The van der Waals surface area contributed by atoms with Crippen LogP contribution in [0.5, 0.6) is 0 Å². The van der Waals surface area contributed by atoms with Crippen LogP contribution in [0.15, 0.2) is 28.8 Å². The summed E-state index contributed by atoms with van der Waals surface area (Å²) in [5.41, 5.74) is 6.95. The standard InChI is InChI=1S/C16H20N4O2.ClH/c1-10(2)15-18-14(19-22-15)13-7-4-8-20(13)16(21)11-5-3-6-12(17)9-11;/h3,5-6,9-10,13H,4,7-8,17H2,1-2H3;1H. The number of hydrogen-bond donors (Lipinski definition) is 1. The molecule has 1 aromatic heterocycles. The van der Waals surface area contributed by atoms with Crippen molar-refractivity contribution >= 4 is 24.0 Å². The monoisotopic (exact) mass is 336 g/mol. The van der Waals surface area contributed by atoms with E-state index in [0.29, 0.717) is 29.5 Å². The van der Waals surface area contributed by atoms with Crippen LogP contribution < -0.4 is 5.73 Å². The highest BCUT2D eigenvalue weighted by molar-refractivity contribution is 5.95. The zero-order chi connectivity index (χ0) is 15.7. The van der Waals surface area contributed by atoms with Crippen LogP contribution in [0.1, 0.15) is 60.7 Å². The van der Waals surface area contributed by atoms with Gasteiger partial charge in [0.05, 0.1) is 6.04 Å². The molecule has 2 N–H and O–H groups in total. The molecule has 1 aliphatic rings. The quantitative estimate of drug-likeness (QED) is 0.870. The van der Waals surface area contributed by atoms with Crippen LogP contribution in [0.4, 0.5) is 5.69 Å². The molecule has 1 fully saturated rings. The third-order valence-corrected chi connectivity index (χ3v) is 3.90. The molecule has 6 nitrogen and oxygen atoms in total. The molecule has 1 saturated heterocycles. The number of halogens is 1. The first-order valence-corrected chi connectivity index (χ1v) is 7.56. The molecule has 0 radical (unpaired) electrons. The Morgan fingerprint density at radius 3 is 2.87 bits per heavy atom. The number of carbonyl (C=O) groups excluding carboxylic acids is 1. The van der Waals surface area contributed by atoms with E-state index >= 15 is 0 Å². The van der Waals surface area contributed by atoms with Crippen molar-refractivity contribution < 1.29 is 9.32 Å². The molecule has 124 valence electrons. The van der Waals surface area contributed by atoms with E-state index < -0.39 is 0 Å². The van der Waals surface area contributed by atoms with Crippen molar-refractivity contribution in [2.45, 2.75) is 38.6 Å². The normalized spacial score (nSPS) is 17.3. The van der Waals surface area contributed by atoms with E-state index in [-0.39, 0.29) is 30.3 Å². The summed E-state index contributed by atoms with van der Waals surface area (Å²) in [4.78, 5) is 19.0. The van der Waals surface area contributed by atoms with Crippen LogP contribution >= 0.6 is 12.4 Å². The van der Waals surface area contributed by atoms with Crippen LogP contribution in [-0.4, -0.2) is 27.5 Å². The zero-order valence-electron chi connectivity index (χ0n) is 13.2. The molecule has 0 aliphatic carbocycles. The molecule has 1 aromatic carbocycles. The Balaban J connectivity index is 0.00000192. The molecular formula is C16H21ClN4O2. The van der Waals surface area contributed by atoms with E-state index in [1.54, 1.807) is 24.3 Å². The van der Waals surface area contributed by atoms with Gasteiger partial charge in [-0.15, -0.1) is 12.4 Å². The van der Waals surface area contributed by atoms with Crippen LogP contribution in [0.2, 0.25) is 0 Å². The first-order chi connectivity index (χ1) is 10.6. The predicted molar refractivity (Wildman–Crippen MR) is 89.5 cm³/mol. The van der Waals surface area contributed by atoms with Gasteiger partial charge in [-0.3, -0.25) is 4.79 Å². The number of rotatable bonds is 3. The summed E-state index contributed by atoms with van der Waals surface area (Å²) < 4.78 is 5.27. The predicted octanol–water partition coefficient (Wildman–Crippen LogP) is 3.17. The van der Waals surface area contributed by atoms with E-state index in [0.717, 1.165) is 12.8 Å². The minimum atomic E-state index is -0.120. The Bertz CT molecular complexity index is 686. The highest BCUT2D eigenvalue weighted by Crippen LogP contribution is 2.32. The molecule has 7 heteroatoms. The van der Waals surface area contributed by atoms with Crippen molar-refractivity contribution in [3.05, 3.63) is 41.5 Å². The lowest BCUT2D eigenvalue weighted by molar-refractivity contribution is 0.0728. The molecule has 1 unspecified atom stereocenters. The van der Waals surface area contributed by atoms with Gasteiger partial charge in [0.25, 0.3) is 5.91 Å². The van der Waals surface area contributed by atoms with Gasteiger partial charge in [-0.05, 0) is 31.0 Å². The third-order valence-electron chi connectivity index (χ3n) is 3.90. The summed E-state index contributed by atoms with van der Waals surface area (Å²) in [5.74, 6) is 1.35. The summed E-state index contributed by atoms with van der Waals surface area (Å²) in [6.07, 6.45) is 1.79. The second-order valence-corrected chi connectivity index (χ2v) is 5.93. The Morgan fingerprint density at radius 2 is 2.22 bits per heavy atom. The van der Waals surface area contributed by atoms with Crippen LogP contribution in [0.25, 0.3) is 0 Å². The van der Waals surface area contributed by atoms with E-state index in [4.69, 9.17) is 10.3 Å². The molecule has 3 rings (SSSR count). The number of benzene rings is 1. The average Bonchev–Trinajstić information content (AvgIpc) is 3.15. The maximum atomic E-state index is 12.7. The Morgan fingerprint density at radius 1 is 1.43 bits per heavy atom. The van der Waals surface area contributed by atoms with Crippen molar-refractivity contribution in [3.63, 3.8) is 0 Å². The lowest BCUT2D eigenvalue weighted by Gasteiger charge is -2.22. The molecule has 1 atom stereocenters. The number of nitrogen functional groups attached to an aromatic ring is 1. The molecule has 1 aliphatic heterocycles. The number of amides is 1. The molecular weight excluding hydrogens is 316 g/mol. The second kappa shape index (κ2) is 7.00. The van der Waals surface area contributed by atoms with Crippen molar-refractivity contribution in [2.24, 2.45) is 0 Å². The minimum absolute atomic E-state index is 0. The molecule has 0 bridgehead atoms. The number of aromatic nitrogens is 2. The van der Waals surface area contributed by atoms with Crippen molar-refractivity contribution in [2.75, 3.05) is 12.3 Å². The van der Waals surface area contributed by atoms with E-state index in [2.05, 4.69) is 10.1 Å². The smallest absolute Gasteiger partial charge is 0.254 e. The van der Waals surface area contributed by atoms with E-state index in [1.165, 1.54) is 0 Å². The summed E-state index contributed by atoms with van der Waals surface area (Å²) in [6, 6.07) is 6.92. The summed E-state index contributed by atoms with van der Waals surface area (Å²) >= 11 is 0. The van der Waals surface area contributed by atoms with Crippen LogP contribution in [-0.2, 0) is 0 Å². The fourth-order valence-electron chi connectivity index (χ4n) is 2.73. The highest BCUT2D eigenvalue weighted by atomic mass is 35.5. The highest BCUT2D eigenvalue weighted by Gasteiger charge is 2.34. The number of nitrogens with zero attached hydrogens (tertiary/aromatic N) is 3. The van der Waals surface area contributed by atoms with Crippen molar-refractivity contribution in [3.8, 4) is 0 Å². The first-order valence-electron chi connectivity index (χ1n) is 7.56. The van der Waals surface area contributed by atoms with Gasteiger partial charge in [0.2, 0.25) is 5.89 Å². The van der Waals surface area contributed by atoms with Crippen molar-refractivity contribution in [1.29, 1.82) is 0 Å². The molecule has 2 aromatic rings. The van der Waals surface area contributed by atoms with Gasteiger partial charge in [-0.2, -0.15) is 4.98 Å². The molecule has 23 heavy (non-hydrogen) atoms. The maximum Gasteiger partial charge on any atom is 0.254 e. The fraction of sp³-hybridized carbons (Fsp3) is 0.438. The number of carbonyl (C=O) groups is 1. The van der Waals surface area contributed by atoms with Crippen LogP contribution in [0, 0.1) is 0 Å². The number of anilines is 1. The second-order valence-electron chi connectivity index (χ2n) is 5.93. The fourth-order valence-corrected chi connectivity index (χ4v) is 2.73. The molecule has 0 saturated carbocycles. The van der Waals surface area contributed by atoms with E-state index in [9.17, 15) is 4.79 Å². The SMILES string of the molecule is CC(C)c1nc(C2CCCN2C(=O)c2cccc(N)c2)no1.Cl. The number of likely N-dealkylation sites (tertiary alicyclic amines) is 1. The molecule has 0 spiro atoms. The Labute approximate surface area is 141 Å². The van der Waals surface area contributed by atoms with Crippen LogP contribution in [0.3, 0.4) is 0 Å². The van der Waals surface area contributed by atoms with Gasteiger partial charge in [-0.25, -0.2) is 0 Å². The zero-order valence-corrected chi connectivity index (χ0v) is 14.0. The summed E-state index contributed by atoms with van der Waals surface area (Å²) in [7, 11) is 0. The third kappa shape index (κ3) is 3.47. The van der Waals surface area contributed by atoms with E-state index in [1.807, 2.05) is 18.7 Å². The van der Waals surface area contributed by atoms with Gasteiger partial charge in [0.15, 0.2) is 5.82 Å². The Kier molecular flexibility index (Phi) is 5.26. The van der Waals surface area contributed by atoms with Crippen molar-refractivity contribution in [1.82, 2.24) is 15.0 Å². The topological polar surface area (TPSA) is 85.2 Å². The lowest BCUT2D eigenvalue weighted by Crippen LogP contribution is -2.31. The average molecular weight is 337 g/mol. The van der Waals surface area contributed by atoms with Gasteiger partial charge in [0.1, 0.15) is 0 Å². The summed E-state index contributed by atoms with van der Waals surface area (Å²) in [5, 5.41) is 4.06. The molecule has 2 heterocycles. The maximum absolute atomic E-state index is 12.7. The number of hydrogen-bond acceptors (Lipinski definition) is 5. The van der Waals surface area contributed by atoms with Gasteiger partial charge in [-0.1, -0.05) is 25.1 Å². The minimum Gasteiger partial charge on any atom is -0.399 e. The van der Waals surface area contributed by atoms with Gasteiger partial charge < -0.3 is 15.2 Å². The first kappa shape index (κ1) is 17.3. The largest absolute Gasteiger partial charge is 0.399 e. The number of nitrogens with two attached hydrogens (primary N) is 1. The molecule has 1 amide bonds. The Hall–Kier alpha value is -2.08.